The van der Waals surface area contributed by atoms with Crippen molar-refractivity contribution in [2.75, 3.05) is 33.2 Å². The largest absolute Gasteiger partial charge is 0.463 e. The average Bonchev–Trinajstić information content (AvgIpc) is 3.48. The van der Waals surface area contributed by atoms with Crippen LogP contribution in [-0.2, 0) is 0 Å². The van der Waals surface area contributed by atoms with Crippen molar-refractivity contribution in [3.05, 3.63) is 89.6 Å². The summed E-state index contributed by atoms with van der Waals surface area (Å²) in [5.41, 5.74) is 6.54. The quantitative estimate of drug-likeness (QED) is 0.477. The zero-order valence-electron chi connectivity index (χ0n) is 18.4. The van der Waals surface area contributed by atoms with Crippen molar-refractivity contribution in [3.63, 3.8) is 0 Å². The van der Waals surface area contributed by atoms with Crippen molar-refractivity contribution >= 4 is 0 Å². The van der Waals surface area contributed by atoms with Crippen molar-refractivity contribution in [2.45, 2.75) is 13.0 Å². The molecule has 0 spiro atoms. The molecule has 32 heavy (non-hydrogen) atoms. The Kier molecular flexibility index (Phi) is 5.64. The minimum absolute atomic E-state index is 0.0588. The highest BCUT2D eigenvalue weighted by Gasteiger charge is 2.29. The Balaban J connectivity index is 1.56. The lowest BCUT2D eigenvalue weighted by molar-refractivity contribution is 0.127. The molecule has 4 aromatic rings. The third kappa shape index (κ3) is 3.99. The fourth-order valence-corrected chi connectivity index (χ4v) is 4.60. The normalized spacial score (nSPS) is 16.3. The Bertz CT molecular complexity index is 1180. The van der Waals surface area contributed by atoms with Crippen molar-refractivity contribution in [1.29, 1.82) is 0 Å². The van der Waals surface area contributed by atoms with Gasteiger partial charge in [0.25, 0.3) is 0 Å². The number of nitrogens with one attached hydrogen (secondary N) is 1. The molecule has 1 aliphatic heterocycles. The van der Waals surface area contributed by atoms with Gasteiger partial charge in [-0.3, -0.25) is 10.00 Å². The average molecular weight is 431 g/mol. The molecule has 0 amide bonds. The summed E-state index contributed by atoms with van der Waals surface area (Å²) in [6.45, 7) is 6.12. The van der Waals surface area contributed by atoms with Crippen LogP contribution >= 0.6 is 0 Å². The van der Waals surface area contributed by atoms with Crippen LogP contribution in [0.4, 0.5) is 4.39 Å². The van der Waals surface area contributed by atoms with Gasteiger partial charge in [0.05, 0.1) is 18.5 Å². The van der Waals surface area contributed by atoms with Crippen LogP contribution in [0.5, 0.6) is 0 Å². The molecule has 1 saturated heterocycles. The highest BCUT2D eigenvalue weighted by Crippen LogP contribution is 2.37. The number of aromatic nitrogens is 2. The molecule has 2 aromatic carbocycles. The van der Waals surface area contributed by atoms with Gasteiger partial charge in [-0.2, -0.15) is 5.10 Å². The van der Waals surface area contributed by atoms with Crippen molar-refractivity contribution in [3.8, 4) is 22.6 Å². The summed E-state index contributed by atoms with van der Waals surface area (Å²) < 4.78 is 19.1. The van der Waals surface area contributed by atoms with E-state index in [1.807, 2.05) is 30.5 Å². The molecule has 0 aliphatic carbocycles. The van der Waals surface area contributed by atoms with Gasteiger partial charge in [-0.1, -0.05) is 30.3 Å². The first-order valence-corrected chi connectivity index (χ1v) is 11.0. The SMILES string of the molecule is Cc1cc(C(c2cn[nH]c2-c2ccco2)N2CCN(C)CC2)ccc1-c1ccc(F)cc1. The van der Waals surface area contributed by atoms with E-state index >= 15 is 0 Å². The van der Waals surface area contributed by atoms with Gasteiger partial charge in [-0.15, -0.1) is 0 Å². The van der Waals surface area contributed by atoms with Crippen LogP contribution in [0.25, 0.3) is 22.6 Å². The summed E-state index contributed by atoms with van der Waals surface area (Å²) in [7, 11) is 2.17. The van der Waals surface area contributed by atoms with E-state index in [4.69, 9.17) is 4.42 Å². The number of halogens is 1. The molecule has 0 radical (unpaired) electrons. The summed E-state index contributed by atoms with van der Waals surface area (Å²) in [5.74, 6) is 0.569. The van der Waals surface area contributed by atoms with Crippen LogP contribution in [0.1, 0.15) is 22.7 Å². The molecule has 5 rings (SSSR count). The third-order valence-corrected chi connectivity index (χ3v) is 6.36. The van der Waals surface area contributed by atoms with Gasteiger partial charge in [-0.25, -0.2) is 4.39 Å². The first kappa shape index (κ1) is 20.7. The first-order chi connectivity index (χ1) is 15.6. The fourth-order valence-electron chi connectivity index (χ4n) is 4.60. The van der Waals surface area contributed by atoms with Crippen LogP contribution in [0.15, 0.2) is 71.5 Å². The second-order valence-electron chi connectivity index (χ2n) is 8.50. The predicted molar refractivity (Wildman–Crippen MR) is 124 cm³/mol. The number of hydrogen-bond acceptors (Lipinski definition) is 4. The number of rotatable bonds is 5. The van der Waals surface area contributed by atoms with Gasteiger partial charge in [0.2, 0.25) is 0 Å². The van der Waals surface area contributed by atoms with Gasteiger partial charge in [-0.05, 0) is 60.5 Å². The molecular weight excluding hydrogens is 403 g/mol. The number of benzene rings is 2. The molecule has 164 valence electrons. The third-order valence-electron chi connectivity index (χ3n) is 6.36. The molecule has 1 unspecified atom stereocenters. The number of H-pyrrole nitrogens is 1. The first-order valence-electron chi connectivity index (χ1n) is 11.0. The van der Waals surface area contributed by atoms with Crippen molar-refractivity contribution in [2.24, 2.45) is 0 Å². The molecule has 1 aliphatic rings. The van der Waals surface area contributed by atoms with Crippen LogP contribution in [0, 0.1) is 12.7 Å². The molecule has 0 bridgehead atoms. The lowest BCUT2D eigenvalue weighted by Crippen LogP contribution is -2.46. The number of furan rings is 1. The van der Waals surface area contributed by atoms with Crippen LogP contribution in [-0.4, -0.2) is 53.2 Å². The summed E-state index contributed by atoms with van der Waals surface area (Å²) >= 11 is 0. The Hall–Kier alpha value is -3.22. The van der Waals surface area contributed by atoms with Crippen LogP contribution in [0.2, 0.25) is 0 Å². The highest BCUT2D eigenvalue weighted by molar-refractivity contribution is 5.68. The van der Waals surface area contributed by atoms with E-state index in [0.29, 0.717) is 0 Å². The van der Waals surface area contributed by atoms with Crippen molar-refractivity contribution in [1.82, 2.24) is 20.0 Å². The molecule has 1 N–H and O–H groups in total. The monoisotopic (exact) mass is 430 g/mol. The van der Waals surface area contributed by atoms with Gasteiger partial charge in [0, 0.05) is 31.7 Å². The molecule has 1 atom stereocenters. The molecule has 1 fully saturated rings. The Morgan fingerprint density at radius 2 is 1.81 bits per heavy atom. The Morgan fingerprint density at radius 3 is 2.50 bits per heavy atom. The maximum Gasteiger partial charge on any atom is 0.151 e. The van der Waals surface area contributed by atoms with E-state index in [-0.39, 0.29) is 11.9 Å². The standard InChI is InChI=1S/C26H27FN4O/c1-18-16-20(7-10-22(18)19-5-8-21(27)9-6-19)26(31-13-11-30(2)12-14-31)23-17-28-29-25(23)24-4-3-15-32-24/h3-10,15-17,26H,11-14H2,1-2H3,(H,28,29). The van der Waals surface area contributed by atoms with E-state index in [1.165, 1.54) is 17.7 Å². The topological polar surface area (TPSA) is 48.3 Å². The lowest BCUT2D eigenvalue weighted by atomic mass is 9.91. The summed E-state index contributed by atoms with van der Waals surface area (Å²) in [6.07, 6.45) is 3.61. The van der Waals surface area contributed by atoms with Gasteiger partial charge < -0.3 is 9.32 Å². The zero-order chi connectivity index (χ0) is 22.1. The van der Waals surface area contributed by atoms with E-state index < -0.39 is 0 Å². The Morgan fingerprint density at radius 1 is 1.03 bits per heavy atom. The number of hydrogen-bond donors (Lipinski definition) is 1. The minimum atomic E-state index is -0.219. The molecular formula is C26H27FN4O. The second kappa shape index (κ2) is 8.73. The van der Waals surface area contributed by atoms with Crippen LogP contribution < -0.4 is 0 Å². The molecule has 3 heterocycles. The summed E-state index contributed by atoms with van der Waals surface area (Å²) in [4.78, 5) is 4.88. The number of aromatic amines is 1. The fraction of sp³-hybridized carbons (Fsp3) is 0.269. The molecule has 2 aromatic heterocycles. The smallest absolute Gasteiger partial charge is 0.151 e. The minimum Gasteiger partial charge on any atom is -0.463 e. The van der Waals surface area contributed by atoms with Crippen molar-refractivity contribution < 1.29 is 8.81 Å². The van der Waals surface area contributed by atoms with E-state index in [2.05, 4.69) is 52.2 Å². The highest BCUT2D eigenvalue weighted by atomic mass is 19.1. The lowest BCUT2D eigenvalue weighted by Gasteiger charge is -2.38. The predicted octanol–water partition coefficient (Wildman–Crippen LogP) is 5.12. The van der Waals surface area contributed by atoms with Gasteiger partial charge >= 0.3 is 0 Å². The Labute approximate surface area is 187 Å². The number of aryl methyl sites for hydroxylation is 1. The van der Waals surface area contributed by atoms with E-state index in [9.17, 15) is 4.39 Å². The zero-order valence-corrected chi connectivity index (χ0v) is 18.4. The molecule has 0 saturated carbocycles. The number of likely N-dealkylation sites (N-methyl/N-ethyl adjacent to an activating group) is 1. The maximum atomic E-state index is 13.4. The van der Waals surface area contributed by atoms with Crippen LogP contribution in [0.3, 0.4) is 0 Å². The van der Waals surface area contributed by atoms with Gasteiger partial charge in [0.1, 0.15) is 11.5 Å². The number of piperazine rings is 1. The summed E-state index contributed by atoms with van der Waals surface area (Å²) in [5, 5.41) is 7.52. The van der Waals surface area contributed by atoms with E-state index in [0.717, 1.165) is 59.9 Å². The number of nitrogens with zero attached hydrogens (tertiary/aromatic N) is 3. The second-order valence-corrected chi connectivity index (χ2v) is 8.50. The van der Waals surface area contributed by atoms with Gasteiger partial charge in [0.15, 0.2) is 5.76 Å². The van der Waals surface area contributed by atoms with E-state index in [1.54, 1.807) is 6.26 Å². The maximum absolute atomic E-state index is 13.4. The molecule has 5 nitrogen and oxygen atoms in total. The summed E-state index contributed by atoms with van der Waals surface area (Å²) in [6, 6.07) is 17.2. The molecule has 6 heteroatoms.